The summed E-state index contributed by atoms with van der Waals surface area (Å²) in [7, 11) is 0. The Bertz CT molecular complexity index is 525. The largest absolute Gasteiger partial charge is 0.383 e. The van der Waals surface area contributed by atoms with E-state index in [4.69, 9.17) is 17.3 Å². The fraction of sp³-hybridized carbons (Fsp3) is 0.100. The fourth-order valence-electron chi connectivity index (χ4n) is 1.31. The van der Waals surface area contributed by atoms with E-state index in [-0.39, 0.29) is 0 Å². The Labute approximate surface area is 115 Å². The number of rotatable bonds is 2. The van der Waals surface area contributed by atoms with Crippen molar-refractivity contribution in [1.29, 1.82) is 0 Å². The quantitative estimate of drug-likeness (QED) is 0.882. The van der Waals surface area contributed by atoms with Crippen molar-refractivity contribution in [3.63, 3.8) is 0 Å². The molecule has 0 bridgehead atoms. The Morgan fingerprint density at radius 3 is 2.62 bits per heavy atom. The van der Waals surface area contributed by atoms with Crippen LogP contribution in [0.25, 0.3) is 0 Å². The minimum atomic E-state index is 0.483. The maximum Gasteiger partial charge on any atom is 0.140 e. The van der Waals surface area contributed by atoms with Crippen molar-refractivity contribution in [3.8, 4) is 0 Å². The first-order valence-corrected chi connectivity index (χ1v) is 6.45. The predicted octanol–water partition coefficient (Wildman–Crippen LogP) is 3.69. The topological polar surface area (TPSA) is 43.8 Å². The van der Waals surface area contributed by atoms with E-state index in [2.05, 4.69) is 37.0 Å². The summed E-state index contributed by atoms with van der Waals surface area (Å²) < 4.78 is 3.68. The number of benzene rings is 1. The number of nitrogens with two attached hydrogens (primary N) is 1. The van der Waals surface area contributed by atoms with Gasteiger partial charge in [-0.15, -0.1) is 0 Å². The molecule has 0 aliphatic heterocycles. The maximum absolute atomic E-state index is 5.83. The van der Waals surface area contributed by atoms with Gasteiger partial charge >= 0.3 is 0 Å². The molecule has 0 atom stereocenters. The Kier molecular flexibility index (Phi) is 3.56. The predicted molar refractivity (Wildman–Crippen MR) is 72.6 cm³/mol. The molecule has 2 rings (SSSR count). The Morgan fingerprint density at radius 2 is 2.06 bits per heavy atom. The summed E-state index contributed by atoms with van der Waals surface area (Å²) >= 11 is 12.7. The van der Waals surface area contributed by atoms with Crippen molar-refractivity contribution in [2.24, 2.45) is 0 Å². The van der Waals surface area contributed by atoms with Crippen LogP contribution < -0.4 is 5.73 Å². The average molecular weight is 365 g/mol. The summed E-state index contributed by atoms with van der Waals surface area (Å²) in [4.78, 5) is 0. The van der Waals surface area contributed by atoms with Crippen molar-refractivity contribution < 1.29 is 0 Å². The van der Waals surface area contributed by atoms with Crippen LogP contribution in [-0.2, 0) is 6.54 Å². The lowest BCUT2D eigenvalue weighted by atomic mass is 10.2. The summed E-state index contributed by atoms with van der Waals surface area (Å²) in [6.07, 6.45) is 1.55. The van der Waals surface area contributed by atoms with Gasteiger partial charge in [0.1, 0.15) is 10.8 Å². The van der Waals surface area contributed by atoms with Crippen LogP contribution in [0.3, 0.4) is 0 Å². The van der Waals surface area contributed by atoms with Gasteiger partial charge in [-0.1, -0.05) is 17.7 Å². The van der Waals surface area contributed by atoms with E-state index in [0.29, 0.717) is 17.4 Å². The van der Waals surface area contributed by atoms with Gasteiger partial charge in [0.2, 0.25) is 0 Å². The van der Waals surface area contributed by atoms with Crippen LogP contribution >= 0.6 is 43.5 Å². The monoisotopic (exact) mass is 363 g/mol. The highest BCUT2D eigenvalue weighted by atomic mass is 79.9. The zero-order valence-electron chi connectivity index (χ0n) is 8.12. The molecule has 0 amide bonds. The maximum atomic E-state index is 5.83. The van der Waals surface area contributed by atoms with E-state index in [1.165, 1.54) is 0 Å². The summed E-state index contributed by atoms with van der Waals surface area (Å²) in [5.41, 5.74) is 6.86. The van der Waals surface area contributed by atoms with Gasteiger partial charge < -0.3 is 5.73 Å². The number of hydrogen-bond acceptors (Lipinski definition) is 2. The molecular formula is C10H8Br2ClN3. The molecule has 0 aliphatic carbocycles. The molecule has 16 heavy (non-hydrogen) atoms. The first-order valence-electron chi connectivity index (χ1n) is 4.48. The number of hydrogen-bond donors (Lipinski definition) is 1. The minimum absolute atomic E-state index is 0.483. The lowest BCUT2D eigenvalue weighted by Crippen LogP contribution is -2.05. The number of halogens is 3. The van der Waals surface area contributed by atoms with Crippen LogP contribution in [0.1, 0.15) is 5.56 Å². The van der Waals surface area contributed by atoms with E-state index < -0.39 is 0 Å². The van der Waals surface area contributed by atoms with E-state index in [0.717, 1.165) is 14.5 Å². The van der Waals surface area contributed by atoms with Crippen molar-refractivity contribution in [3.05, 3.63) is 43.9 Å². The second-order valence-corrected chi connectivity index (χ2v) is 5.40. The molecule has 0 aliphatic rings. The molecule has 2 N–H and O–H groups in total. The van der Waals surface area contributed by atoms with Crippen molar-refractivity contribution in [2.75, 3.05) is 5.73 Å². The summed E-state index contributed by atoms with van der Waals surface area (Å²) in [5, 5.41) is 4.58. The molecule has 0 fully saturated rings. The van der Waals surface area contributed by atoms with Gasteiger partial charge in [0.25, 0.3) is 0 Å². The van der Waals surface area contributed by atoms with Gasteiger partial charge in [-0.05, 0) is 49.6 Å². The Hall–Kier alpha value is -0.520. The number of aromatic nitrogens is 2. The van der Waals surface area contributed by atoms with Crippen molar-refractivity contribution >= 4 is 49.3 Å². The highest BCUT2D eigenvalue weighted by molar-refractivity contribution is 9.13. The smallest absolute Gasteiger partial charge is 0.140 e. The van der Waals surface area contributed by atoms with E-state index in [1.54, 1.807) is 10.9 Å². The summed E-state index contributed by atoms with van der Waals surface area (Å²) in [5.74, 6) is 0.487. The summed E-state index contributed by atoms with van der Waals surface area (Å²) in [6, 6.07) is 5.99. The number of anilines is 1. The zero-order valence-corrected chi connectivity index (χ0v) is 12.1. The lowest BCUT2D eigenvalue weighted by Gasteiger charge is -2.05. The SMILES string of the molecule is Nc1c(Cl)cnn1Cc1ccc(Br)c(Br)c1. The molecule has 1 aromatic carbocycles. The zero-order chi connectivity index (χ0) is 11.7. The van der Waals surface area contributed by atoms with Crippen LogP contribution in [0.5, 0.6) is 0 Å². The highest BCUT2D eigenvalue weighted by Gasteiger charge is 2.06. The second kappa shape index (κ2) is 4.77. The van der Waals surface area contributed by atoms with Gasteiger partial charge in [0.05, 0.1) is 12.7 Å². The fourth-order valence-corrected chi connectivity index (χ4v) is 2.12. The van der Waals surface area contributed by atoms with Crippen LogP contribution in [-0.4, -0.2) is 9.78 Å². The van der Waals surface area contributed by atoms with Gasteiger partial charge in [-0.2, -0.15) is 5.10 Å². The first kappa shape index (κ1) is 12.0. The molecule has 1 heterocycles. The third kappa shape index (κ3) is 2.42. The molecule has 0 radical (unpaired) electrons. The van der Waals surface area contributed by atoms with Crippen molar-refractivity contribution in [2.45, 2.75) is 6.54 Å². The molecule has 2 aromatic rings. The average Bonchev–Trinajstić information content (AvgIpc) is 2.55. The number of nitrogens with zero attached hydrogens (tertiary/aromatic N) is 2. The van der Waals surface area contributed by atoms with Gasteiger partial charge in [-0.25, -0.2) is 4.68 Å². The molecule has 0 saturated carbocycles. The second-order valence-electron chi connectivity index (χ2n) is 3.28. The molecular weight excluding hydrogens is 357 g/mol. The Morgan fingerprint density at radius 1 is 1.31 bits per heavy atom. The molecule has 1 aromatic heterocycles. The van der Waals surface area contributed by atoms with Gasteiger partial charge in [0.15, 0.2) is 0 Å². The minimum Gasteiger partial charge on any atom is -0.383 e. The summed E-state index contributed by atoms with van der Waals surface area (Å²) in [6.45, 7) is 0.602. The molecule has 3 nitrogen and oxygen atoms in total. The van der Waals surface area contributed by atoms with Gasteiger partial charge in [0, 0.05) is 8.95 Å². The molecule has 0 spiro atoms. The molecule has 84 valence electrons. The third-order valence-corrected chi connectivity index (χ3v) is 4.32. The van der Waals surface area contributed by atoms with Crippen LogP contribution in [0.2, 0.25) is 5.02 Å². The first-order chi connectivity index (χ1) is 7.58. The standard InChI is InChI=1S/C10H8Br2ClN3/c11-7-2-1-6(3-8(7)12)5-16-10(14)9(13)4-15-16/h1-4H,5,14H2. The van der Waals surface area contributed by atoms with E-state index >= 15 is 0 Å². The van der Waals surface area contributed by atoms with Crippen LogP contribution in [0, 0.1) is 0 Å². The lowest BCUT2D eigenvalue weighted by molar-refractivity contribution is 0.697. The molecule has 0 unspecified atom stereocenters. The molecule has 6 heteroatoms. The molecule has 0 saturated heterocycles. The Balaban J connectivity index is 2.27. The van der Waals surface area contributed by atoms with E-state index in [1.807, 2.05) is 18.2 Å². The number of nitrogen functional groups attached to an aromatic ring is 1. The highest BCUT2D eigenvalue weighted by Crippen LogP contribution is 2.25. The van der Waals surface area contributed by atoms with E-state index in [9.17, 15) is 0 Å². The van der Waals surface area contributed by atoms with Gasteiger partial charge in [-0.3, -0.25) is 0 Å². The normalized spacial score (nSPS) is 10.7. The van der Waals surface area contributed by atoms with Crippen LogP contribution in [0.4, 0.5) is 5.82 Å². The van der Waals surface area contributed by atoms with Crippen molar-refractivity contribution in [1.82, 2.24) is 9.78 Å². The van der Waals surface area contributed by atoms with Crippen LogP contribution in [0.15, 0.2) is 33.3 Å². The third-order valence-electron chi connectivity index (χ3n) is 2.15.